The van der Waals surface area contributed by atoms with Gasteiger partial charge in [-0.2, -0.15) is 0 Å². The summed E-state index contributed by atoms with van der Waals surface area (Å²) in [6.45, 7) is 6.05. The number of thiophene rings is 1. The first kappa shape index (κ1) is 25.9. The molecule has 2 aromatic heterocycles. The topological polar surface area (TPSA) is 101 Å². The fourth-order valence-corrected chi connectivity index (χ4v) is 6.54. The molecule has 5 rings (SSSR count). The molecule has 0 saturated carbocycles. The Morgan fingerprint density at radius 2 is 1.87 bits per heavy atom. The molecule has 4 aromatic rings. The summed E-state index contributed by atoms with van der Waals surface area (Å²) in [5.74, 6) is -0.324. The van der Waals surface area contributed by atoms with Crippen molar-refractivity contribution in [2.45, 2.75) is 38.9 Å². The van der Waals surface area contributed by atoms with E-state index in [0.29, 0.717) is 51.8 Å². The average molecular weight is 547 g/mol. The van der Waals surface area contributed by atoms with Gasteiger partial charge in [0, 0.05) is 29.6 Å². The number of aryl methyl sites for hydroxylation is 1. The van der Waals surface area contributed by atoms with Crippen LogP contribution < -0.4 is 10.9 Å². The normalized spacial score (nSPS) is 12.9. The molecule has 2 aromatic carbocycles. The minimum Gasteiger partial charge on any atom is -0.337 e. The molecule has 0 bridgehead atoms. The molecule has 1 N–H and O–H groups in total. The highest BCUT2D eigenvalue weighted by molar-refractivity contribution is 7.99. The molecule has 0 saturated heterocycles. The Kier molecular flexibility index (Phi) is 7.18. The largest absolute Gasteiger partial charge is 0.337 e. The summed E-state index contributed by atoms with van der Waals surface area (Å²) in [6, 6.07) is 14.4. The number of rotatable bonds is 6. The quantitative estimate of drug-likeness (QED) is 0.216. The minimum atomic E-state index is -0.275. The van der Waals surface area contributed by atoms with Crippen molar-refractivity contribution in [2.24, 2.45) is 0 Å². The van der Waals surface area contributed by atoms with Gasteiger partial charge in [0.1, 0.15) is 4.83 Å². The second-order valence-corrected chi connectivity index (χ2v) is 11.2. The van der Waals surface area contributed by atoms with Crippen LogP contribution in [0, 0.1) is 6.92 Å². The number of Topliss-reactive ketones (excluding diaryl/α,β-unsaturated/α-hetero) is 1. The summed E-state index contributed by atoms with van der Waals surface area (Å²) in [4.78, 5) is 58.5. The number of nitrogens with zero attached hydrogens (tertiary/aromatic N) is 3. The van der Waals surface area contributed by atoms with Crippen LogP contribution in [0.15, 0.2) is 58.5 Å². The van der Waals surface area contributed by atoms with E-state index in [2.05, 4.69) is 5.32 Å². The fraction of sp³-hybridized carbons (Fsp3) is 0.250. The van der Waals surface area contributed by atoms with Gasteiger partial charge >= 0.3 is 0 Å². The van der Waals surface area contributed by atoms with Crippen LogP contribution in [0.1, 0.15) is 40.2 Å². The summed E-state index contributed by atoms with van der Waals surface area (Å²) in [7, 11) is 0. The third-order valence-corrected chi connectivity index (χ3v) is 8.52. The molecule has 0 spiro atoms. The van der Waals surface area contributed by atoms with Gasteiger partial charge in [-0.25, -0.2) is 4.98 Å². The lowest BCUT2D eigenvalue weighted by molar-refractivity contribution is -0.129. The van der Waals surface area contributed by atoms with Gasteiger partial charge in [-0.1, -0.05) is 41.6 Å². The van der Waals surface area contributed by atoms with Crippen LogP contribution >= 0.6 is 23.1 Å². The van der Waals surface area contributed by atoms with Gasteiger partial charge in [0.2, 0.25) is 11.8 Å². The van der Waals surface area contributed by atoms with Crippen molar-refractivity contribution in [1.82, 2.24) is 14.5 Å². The summed E-state index contributed by atoms with van der Waals surface area (Å²) in [5.41, 5.74) is 3.57. The highest BCUT2D eigenvalue weighted by Crippen LogP contribution is 2.34. The van der Waals surface area contributed by atoms with Gasteiger partial charge in [0.25, 0.3) is 5.56 Å². The van der Waals surface area contributed by atoms with Crippen molar-refractivity contribution in [2.75, 3.05) is 17.6 Å². The van der Waals surface area contributed by atoms with E-state index >= 15 is 0 Å². The van der Waals surface area contributed by atoms with Crippen molar-refractivity contribution < 1.29 is 14.4 Å². The maximum absolute atomic E-state index is 13.9. The van der Waals surface area contributed by atoms with Crippen LogP contribution in [0.3, 0.4) is 0 Å². The van der Waals surface area contributed by atoms with Crippen LogP contribution in [-0.4, -0.2) is 44.3 Å². The lowest BCUT2D eigenvalue weighted by Gasteiger charge is -2.25. The molecule has 0 fully saturated rings. The van der Waals surface area contributed by atoms with E-state index in [9.17, 15) is 19.2 Å². The van der Waals surface area contributed by atoms with Gasteiger partial charge in [-0.15, -0.1) is 11.3 Å². The number of amides is 2. The lowest BCUT2D eigenvalue weighted by atomic mass is 10.1. The Hall–Kier alpha value is -3.76. The Morgan fingerprint density at radius 3 is 2.58 bits per heavy atom. The van der Waals surface area contributed by atoms with E-state index in [1.807, 2.05) is 31.2 Å². The highest BCUT2D eigenvalue weighted by atomic mass is 32.2. The number of anilines is 1. The number of ketones is 1. The second kappa shape index (κ2) is 10.5. The molecule has 0 aliphatic carbocycles. The number of benzene rings is 2. The van der Waals surface area contributed by atoms with E-state index in [1.54, 1.807) is 40.7 Å². The SMILES string of the molecule is CC(=O)c1cccc(NC(=O)CSc2nc3sc4c(c3c(=O)n2-c2ccc(C)cc2)CCN(C(C)=O)C4)c1. The van der Waals surface area contributed by atoms with Crippen molar-refractivity contribution in [3.8, 4) is 5.69 Å². The molecule has 8 nitrogen and oxygen atoms in total. The van der Waals surface area contributed by atoms with Gasteiger partial charge in [-0.05, 0) is 50.1 Å². The van der Waals surface area contributed by atoms with E-state index in [1.165, 1.54) is 30.0 Å². The summed E-state index contributed by atoms with van der Waals surface area (Å²) < 4.78 is 1.57. The maximum atomic E-state index is 13.9. The minimum absolute atomic E-state index is 0.00854. The molecule has 2 amide bonds. The summed E-state index contributed by atoms with van der Waals surface area (Å²) in [6.07, 6.45) is 0.605. The zero-order valence-corrected chi connectivity index (χ0v) is 22.9. The van der Waals surface area contributed by atoms with Crippen LogP contribution in [0.4, 0.5) is 5.69 Å². The zero-order valence-electron chi connectivity index (χ0n) is 21.2. The molecule has 1 aliphatic heterocycles. The fourth-order valence-electron chi connectivity index (χ4n) is 4.45. The van der Waals surface area contributed by atoms with Crippen molar-refractivity contribution >= 4 is 56.6 Å². The smallest absolute Gasteiger partial charge is 0.267 e. The average Bonchev–Trinajstić information content (AvgIpc) is 3.26. The zero-order chi connectivity index (χ0) is 27.0. The molecular formula is C28H26N4O4S2. The molecule has 38 heavy (non-hydrogen) atoms. The number of fused-ring (bicyclic) bond motifs is 3. The van der Waals surface area contributed by atoms with E-state index in [-0.39, 0.29) is 28.9 Å². The van der Waals surface area contributed by atoms with E-state index in [4.69, 9.17) is 4.98 Å². The van der Waals surface area contributed by atoms with Gasteiger partial charge in [0.05, 0.1) is 23.4 Å². The van der Waals surface area contributed by atoms with Crippen molar-refractivity contribution in [1.29, 1.82) is 0 Å². The number of carbonyl (C=O) groups excluding carboxylic acids is 3. The first-order valence-electron chi connectivity index (χ1n) is 12.1. The monoisotopic (exact) mass is 546 g/mol. The molecule has 194 valence electrons. The number of nitrogens with one attached hydrogen (secondary N) is 1. The van der Waals surface area contributed by atoms with Crippen LogP contribution in [-0.2, 0) is 22.6 Å². The molecule has 0 atom stereocenters. The Bertz CT molecular complexity index is 1640. The van der Waals surface area contributed by atoms with Gasteiger partial charge in [-0.3, -0.25) is 23.7 Å². The molecule has 0 radical (unpaired) electrons. The predicted molar refractivity (Wildman–Crippen MR) is 151 cm³/mol. The first-order valence-corrected chi connectivity index (χ1v) is 13.9. The highest BCUT2D eigenvalue weighted by Gasteiger charge is 2.26. The van der Waals surface area contributed by atoms with Crippen LogP contribution in [0.5, 0.6) is 0 Å². The van der Waals surface area contributed by atoms with E-state index < -0.39 is 0 Å². The number of aromatic nitrogens is 2. The van der Waals surface area contributed by atoms with Crippen molar-refractivity contribution in [3.63, 3.8) is 0 Å². The molecule has 3 heterocycles. The maximum Gasteiger partial charge on any atom is 0.267 e. The molecule has 10 heteroatoms. The summed E-state index contributed by atoms with van der Waals surface area (Å²) in [5, 5.41) is 3.82. The third-order valence-electron chi connectivity index (χ3n) is 6.47. The molecule has 1 aliphatic rings. The Balaban J connectivity index is 1.50. The number of hydrogen-bond donors (Lipinski definition) is 1. The second-order valence-electron chi connectivity index (χ2n) is 9.22. The van der Waals surface area contributed by atoms with E-state index in [0.717, 1.165) is 16.0 Å². The standard InChI is InChI=1S/C28H26N4O4S2/c1-16-7-9-21(10-8-16)32-27(36)25-22-11-12-31(18(3)34)14-23(22)38-26(25)30-28(32)37-15-24(35)29-20-6-4-5-19(13-20)17(2)33/h4-10,13H,11-12,14-15H2,1-3H3,(H,29,35). The predicted octanol–water partition coefficient (Wildman–Crippen LogP) is 4.59. The number of thioether (sulfide) groups is 1. The van der Waals surface area contributed by atoms with Crippen LogP contribution in [0.2, 0.25) is 0 Å². The number of carbonyl (C=O) groups is 3. The van der Waals surface area contributed by atoms with Crippen LogP contribution in [0.25, 0.3) is 15.9 Å². The lowest BCUT2D eigenvalue weighted by Crippen LogP contribution is -2.34. The Morgan fingerprint density at radius 1 is 1.11 bits per heavy atom. The Labute approximate surface area is 227 Å². The molecule has 0 unspecified atom stereocenters. The molecular weight excluding hydrogens is 520 g/mol. The van der Waals surface area contributed by atoms with Gasteiger partial charge < -0.3 is 10.2 Å². The summed E-state index contributed by atoms with van der Waals surface area (Å²) >= 11 is 2.61. The number of hydrogen-bond acceptors (Lipinski definition) is 7. The first-order chi connectivity index (χ1) is 18.2. The third kappa shape index (κ3) is 5.14. The van der Waals surface area contributed by atoms with Gasteiger partial charge in [0.15, 0.2) is 10.9 Å². The van der Waals surface area contributed by atoms with Crippen molar-refractivity contribution in [3.05, 3.63) is 80.5 Å².